The van der Waals surface area contributed by atoms with Crippen LogP contribution in [0.5, 0.6) is 5.75 Å². The van der Waals surface area contributed by atoms with E-state index in [4.69, 9.17) is 9.15 Å². The molecule has 1 aliphatic rings. The topological polar surface area (TPSA) is 68.5 Å². The SMILES string of the molecule is C[C@@H]1C[C@H](C)CN(C(=O)[C@@H](C)Sc2nnc([C@@H](C)Oc3ccccc3F)o2)C1. The van der Waals surface area contributed by atoms with Crippen molar-refractivity contribution in [2.75, 3.05) is 13.1 Å². The number of piperidine rings is 1. The van der Waals surface area contributed by atoms with E-state index in [1.807, 2.05) is 11.8 Å². The molecule has 152 valence electrons. The first-order valence-electron chi connectivity index (χ1n) is 9.53. The van der Waals surface area contributed by atoms with Gasteiger partial charge in [0.15, 0.2) is 17.7 Å². The molecular weight excluding hydrogens is 381 g/mol. The Bertz CT molecular complexity index is 805. The Morgan fingerprint density at radius 3 is 2.61 bits per heavy atom. The third-order valence-electron chi connectivity index (χ3n) is 4.72. The summed E-state index contributed by atoms with van der Waals surface area (Å²) in [5, 5.41) is 7.96. The Hall–Kier alpha value is -2.09. The lowest BCUT2D eigenvalue weighted by Crippen LogP contribution is -2.45. The summed E-state index contributed by atoms with van der Waals surface area (Å²) in [7, 11) is 0. The molecule has 1 fully saturated rings. The van der Waals surface area contributed by atoms with Crippen LogP contribution in [0.4, 0.5) is 4.39 Å². The van der Waals surface area contributed by atoms with E-state index in [2.05, 4.69) is 24.0 Å². The molecule has 0 bridgehead atoms. The normalized spacial score (nSPS) is 22.0. The predicted octanol–water partition coefficient (Wildman–Crippen LogP) is 4.33. The molecule has 8 heteroatoms. The zero-order valence-corrected chi connectivity index (χ0v) is 17.4. The van der Waals surface area contributed by atoms with Crippen molar-refractivity contribution < 1.29 is 18.3 Å². The van der Waals surface area contributed by atoms with Crippen molar-refractivity contribution in [2.24, 2.45) is 11.8 Å². The molecule has 0 N–H and O–H groups in total. The Kier molecular flexibility index (Phi) is 6.59. The number of rotatable bonds is 6. The Labute approximate surface area is 168 Å². The van der Waals surface area contributed by atoms with Crippen LogP contribution in [0.15, 0.2) is 33.9 Å². The van der Waals surface area contributed by atoms with Crippen LogP contribution in [-0.4, -0.2) is 39.3 Å². The summed E-state index contributed by atoms with van der Waals surface area (Å²) in [6, 6.07) is 6.15. The standard InChI is InChI=1S/C20H26FN3O3S/c1-12-9-13(2)11-24(10-12)19(25)15(4)28-20-23-22-18(27-20)14(3)26-17-8-6-5-7-16(17)21/h5-8,12-15H,9-11H2,1-4H3/t12-,13+,14-,15-/m1/s1. The van der Waals surface area contributed by atoms with Crippen LogP contribution in [0.3, 0.4) is 0 Å². The molecule has 4 atom stereocenters. The molecule has 0 unspecified atom stereocenters. The molecule has 2 heterocycles. The molecule has 1 saturated heterocycles. The van der Waals surface area contributed by atoms with E-state index in [1.54, 1.807) is 25.1 Å². The number of ether oxygens (including phenoxy) is 1. The van der Waals surface area contributed by atoms with Gasteiger partial charge in [0.25, 0.3) is 11.1 Å². The van der Waals surface area contributed by atoms with Crippen LogP contribution in [-0.2, 0) is 4.79 Å². The second-order valence-corrected chi connectivity index (χ2v) is 8.84. The van der Waals surface area contributed by atoms with Gasteiger partial charge in [-0.3, -0.25) is 4.79 Å². The van der Waals surface area contributed by atoms with Crippen LogP contribution < -0.4 is 4.74 Å². The summed E-state index contributed by atoms with van der Waals surface area (Å²) in [5.74, 6) is 1.02. The first-order valence-corrected chi connectivity index (χ1v) is 10.4. The minimum absolute atomic E-state index is 0.0822. The van der Waals surface area contributed by atoms with Crippen LogP contribution in [0.1, 0.15) is 46.1 Å². The smallest absolute Gasteiger partial charge is 0.277 e. The zero-order chi connectivity index (χ0) is 20.3. The lowest BCUT2D eigenvalue weighted by Gasteiger charge is -2.36. The van der Waals surface area contributed by atoms with E-state index in [0.29, 0.717) is 17.1 Å². The lowest BCUT2D eigenvalue weighted by atomic mass is 9.92. The summed E-state index contributed by atoms with van der Waals surface area (Å²) < 4.78 is 24.9. The van der Waals surface area contributed by atoms with Crippen LogP contribution in [0.25, 0.3) is 0 Å². The maximum absolute atomic E-state index is 13.7. The summed E-state index contributed by atoms with van der Waals surface area (Å²) in [4.78, 5) is 14.7. The van der Waals surface area contributed by atoms with Gasteiger partial charge < -0.3 is 14.1 Å². The van der Waals surface area contributed by atoms with Crippen molar-refractivity contribution in [1.82, 2.24) is 15.1 Å². The van der Waals surface area contributed by atoms with Crippen molar-refractivity contribution in [1.29, 1.82) is 0 Å². The molecule has 1 aromatic heterocycles. The molecule has 3 rings (SSSR count). The van der Waals surface area contributed by atoms with Gasteiger partial charge in [0.1, 0.15) is 0 Å². The molecule has 0 saturated carbocycles. The van der Waals surface area contributed by atoms with Gasteiger partial charge in [-0.25, -0.2) is 4.39 Å². The van der Waals surface area contributed by atoms with Crippen LogP contribution in [0, 0.1) is 17.7 Å². The highest BCUT2D eigenvalue weighted by Gasteiger charge is 2.30. The van der Waals surface area contributed by atoms with E-state index >= 15 is 0 Å². The van der Waals surface area contributed by atoms with Gasteiger partial charge in [-0.1, -0.05) is 37.7 Å². The average Bonchev–Trinajstić information content (AvgIpc) is 3.10. The second-order valence-electron chi connectivity index (χ2n) is 7.55. The Morgan fingerprint density at radius 2 is 1.93 bits per heavy atom. The summed E-state index contributed by atoms with van der Waals surface area (Å²) in [6.45, 7) is 9.48. The predicted molar refractivity (Wildman–Crippen MR) is 105 cm³/mol. The summed E-state index contributed by atoms with van der Waals surface area (Å²) >= 11 is 1.23. The number of hydrogen-bond acceptors (Lipinski definition) is 6. The molecule has 1 amide bonds. The van der Waals surface area contributed by atoms with Crippen LogP contribution in [0.2, 0.25) is 0 Å². The van der Waals surface area contributed by atoms with Gasteiger partial charge in [-0.15, -0.1) is 10.2 Å². The van der Waals surface area contributed by atoms with Crippen molar-refractivity contribution in [3.63, 3.8) is 0 Å². The molecular formula is C20H26FN3O3S. The highest BCUT2D eigenvalue weighted by Crippen LogP contribution is 2.29. The third-order valence-corrected chi connectivity index (χ3v) is 5.64. The monoisotopic (exact) mass is 407 g/mol. The molecule has 28 heavy (non-hydrogen) atoms. The van der Waals surface area contributed by atoms with E-state index in [-0.39, 0.29) is 22.8 Å². The van der Waals surface area contributed by atoms with Crippen molar-refractivity contribution in [3.05, 3.63) is 36.0 Å². The van der Waals surface area contributed by atoms with Gasteiger partial charge in [0.05, 0.1) is 5.25 Å². The number of amides is 1. The molecule has 1 aromatic carbocycles. The van der Waals surface area contributed by atoms with Crippen molar-refractivity contribution in [3.8, 4) is 5.75 Å². The molecule has 1 aliphatic heterocycles. The van der Waals surface area contributed by atoms with E-state index in [0.717, 1.165) is 19.5 Å². The van der Waals surface area contributed by atoms with Crippen LogP contribution >= 0.6 is 11.8 Å². The number of likely N-dealkylation sites (tertiary alicyclic amines) is 1. The summed E-state index contributed by atoms with van der Waals surface area (Å²) in [6.07, 6.45) is 0.548. The average molecular weight is 408 g/mol. The number of para-hydroxylation sites is 1. The first-order chi connectivity index (χ1) is 13.3. The van der Waals surface area contributed by atoms with E-state index in [9.17, 15) is 9.18 Å². The fourth-order valence-corrected chi connectivity index (χ4v) is 4.29. The Balaban J connectivity index is 1.59. The number of thioether (sulfide) groups is 1. The number of nitrogens with zero attached hydrogens (tertiary/aromatic N) is 3. The zero-order valence-electron chi connectivity index (χ0n) is 16.6. The highest BCUT2D eigenvalue weighted by molar-refractivity contribution is 8.00. The maximum atomic E-state index is 13.7. The van der Waals surface area contributed by atoms with Crippen molar-refractivity contribution >= 4 is 17.7 Å². The fraction of sp³-hybridized carbons (Fsp3) is 0.550. The third kappa shape index (κ3) is 5.04. The van der Waals surface area contributed by atoms with Gasteiger partial charge in [-0.2, -0.15) is 0 Å². The molecule has 6 nitrogen and oxygen atoms in total. The molecule has 2 aromatic rings. The number of carbonyl (C=O) groups is 1. The number of carbonyl (C=O) groups excluding carboxylic acids is 1. The number of halogens is 1. The Morgan fingerprint density at radius 1 is 1.25 bits per heavy atom. The number of aromatic nitrogens is 2. The van der Waals surface area contributed by atoms with Crippen molar-refractivity contribution in [2.45, 2.75) is 50.7 Å². The highest BCUT2D eigenvalue weighted by atomic mass is 32.2. The van der Waals surface area contributed by atoms with Gasteiger partial charge in [0, 0.05) is 13.1 Å². The lowest BCUT2D eigenvalue weighted by molar-refractivity contribution is -0.132. The maximum Gasteiger partial charge on any atom is 0.277 e. The number of benzene rings is 1. The second kappa shape index (κ2) is 8.94. The van der Waals surface area contributed by atoms with Gasteiger partial charge in [-0.05, 0) is 44.2 Å². The largest absolute Gasteiger partial charge is 0.478 e. The molecule has 0 spiro atoms. The minimum Gasteiger partial charge on any atom is -0.478 e. The van der Waals surface area contributed by atoms with E-state index in [1.165, 1.54) is 17.8 Å². The van der Waals surface area contributed by atoms with E-state index < -0.39 is 11.9 Å². The minimum atomic E-state index is -0.603. The summed E-state index contributed by atoms with van der Waals surface area (Å²) in [5.41, 5.74) is 0. The quantitative estimate of drug-likeness (QED) is 0.664. The number of hydrogen-bond donors (Lipinski definition) is 0. The molecule has 0 aliphatic carbocycles. The fourth-order valence-electron chi connectivity index (χ4n) is 3.52. The van der Waals surface area contributed by atoms with Gasteiger partial charge in [0.2, 0.25) is 5.91 Å². The van der Waals surface area contributed by atoms with Gasteiger partial charge >= 0.3 is 0 Å². The molecule has 0 radical (unpaired) electrons. The first kappa shape index (κ1) is 20.6.